The van der Waals surface area contributed by atoms with Crippen LogP contribution in [0.3, 0.4) is 0 Å². The fourth-order valence-electron chi connectivity index (χ4n) is 2.80. The minimum atomic E-state index is -1.10. The number of aromatic nitrogens is 2. The van der Waals surface area contributed by atoms with Crippen LogP contribution < -0.4 is 5.73 Å². The highest BCUT2D eigenvalue weighted by Crippen LogP contribution is 2.18. The summed E-state index contributed by atoms with van der Waals surface area (Å²) in [5, 5.41) is 5.37. The number of primary amides is 1. The Bertz CT molecular complexity index is 742. The Labute approximate surface area is 134 Å². The Morgan fingerprint density at radius 1 is 1.39 bits per heavy atom. The number of carbonyl (C=O) groups excluding carboxylic acids is 2. The highest BCUT2D eigenvalue weighted by atomic mass is 16.5. The topological polar surface area (TPSA) is 90.5 Å². The number of hydrogen-bond donors (Lipinski definition) is 1. The molecule has 1 aliphatic heterocycles. The highest BCUT2D eigenvalue weighted by molar-refractivity contribution is 5.85. The summed E-state index contributed by atoms with van der Waals surface area (Å²) in [7, 11) is 0. The van der Waals surface area contributed by atoms with E-state index in [4.69, 9.17) is 10.5 Å². The van der Waals surface area contributed by atoms with E-state index in [-0.39, 0.29) is 12.5 Å². The second-order valence-electron chi connectivity index (χ2n) is 5.94. The lowest BCUT2D eigenvalue weighted by Gasteiger charge is -2.38. The van der Waals surface area contributed by atoms with E-state index in [1.807, 2.05) is 28.9 Å². The van der Waals surface area contributed by atoms with Crippen molar-refractivity contribution in [2.45, 2.75) is 25.5 Å². The predicted molar refractivity (Wildman–Crippen MR) is 84.5 cm³/mol. The van der Waals surface area contributed by atoms with E-state index in [0.29, 0.717) is 26.1 Å². The van der Waals surface area contributed by atoms with Gasteiger partial charge in [-0.05, 0) is 13.0 Å². The van der Waals surface area contributed by atoms with E-state index in [1.54, 1.807) is 18.0 Å². The Morgan fingerprint density at radius 3 is 2.96 bits per heavy atom. The molecule has 1 saturated heterocycles. The molecule has 0 radical (unpaired) electrons. The summed E-state index contributed by atoms with van der Waals surface area (Å²) in [5.41, 5.74) is 5.26. The van der Waals surface area contributed by atoms with Crippen molar-refractivity contribution in [1.82, 2.24) is 14.7 Å². The summed E-state index contributed by atoms with van der Waals surface area (Å²) >= 11 is 0. The number of nitrogens with zero attached hydrogens (tertiary/aromatic N) is 3. The third-order valence-corrected chi connectivity index (χ3v) is 4.24. The lowest BCUT2D eigenvalue weighted by atomic mass is 10.0. The van der Waals surface area contributed by atoms with Gasteiger partial charge in [-0.15, -0.1) is 0 Å². The molecule has 1 fully saturated rings. The lowest BCUT2D eigenvalue weighted by Crippen LogP contribution is -2.58. The number of hydrogen-bond acceptors (Lipinski definition) is 4. The van der Waals surface area contributed by atoms with Gasteiger partial charge < -0.3 is 15.4 Å². The molecule has 23 heavy (non-hydrogen) atoms. The Morgan fingerprint density at radius 2 is 2.17 bits per heavy atom. The van der Waals surface area contributed by atoms with Crippen molar-refractivity contribution in [3.8, 4) is 0 Å². The summed E-state index contributed by atoms with van der Waals surface area (Å²) < 4.78 is 7.25. The number of morpholine rings is 1. The van der Waals surface area contributed by atoms with E-state index >= 15 is 0 Å². The maximum absolute atomic E-state index is 12.4. The van der Waals surface area contributed by atoms with E-state index in [0.717, 1.165) is 10.9 Å². The molecule has 0 aliphatic carbocycles. The van der Waals surface area contributed by atoms with E-state index in [1.165, 1.54) is 0 Å². The number of nitrogens with two attached hydrogens (primary N) is 1. The zero-order valence-electron chi connectivity index (χ0n) is 13.1. The average molecular weight is 316 g/mol. The molecule has 7 nitrogen and oxygen atoms in total. The molecule has 122 valence electrons. The minimum Gasteiger partial charge on any atom is -0.367 e. The van der Waals surface area contributed by atoms with Crippen LogP contribution in [0.25, 0.3) is 10.9 Å². The lowest BCUT2D eigenvalue weighted by molar-refractivity contribution is -0.160. The van der Waals surface area contributed by atoms with Crippen LogP contribution in [0.5, 0.6) is 0 Å². The van der Waals surface area contributed by atoms with Gasteiger partial charge in [0.1, 0.15) is 0 Å². The van der Waals surface area contributed by atoms with Gasteiger partial charge in [0.25, 0.3) is 5.91 Å². The zero-order valence-corrected chi connectivity index (χ0v) is 13.1. The second-order valence-corrected chi connectivity index (χ2v) is 5.94. The monoisotopic (exact) mass is 316 g/mol. The van der Waals surface area contributed by atoms with Gasteiger partial charge in [-0.25, -0.2) is 0 Å². The zero-order chi connectivity index (χ0) is 16.4. The summed E-state index contributed by atoms with van der Waals surface area (Å²) in [4.78, 5) is 25.5. The first-order valence-electron chi connectivity index (χ1n) is 7.62. The third kappa shape index (κ3) is 3.05. The van der Waals surface area contributed by atoms with Gasteiger partial charge in [-0.3, -0.25) is 14.3 Å². The predicted octanol–water partition coefficient (Wildman–Crippen LogP) is 0.529. The van der Waals surface area contributed by atoms with Gasteiger partial charge in [0.05, 0.1) is 31.4 Å². The number of carbonyl (C=O) groups is 2. The quantitative estimate of drug-likeness (QED) is 0.891. The van der Waals surface area contributed by atoms with Crippen LogP contribution in [0.4, 0.5) is 0 Å². The number of rotatable bonds is 4. The molecule has 1 atom stereocenters. The van der Waals surface area contributed by atoms with E-state index < -0.39 is 11.5 Å². The van der Waals surface area contributed by atoms with Crippen molar-refractivity contribution in [2.24, 2.45) is 5.73 Å². The van der Waals surface area contributed by atoms with Gasteiger partial charge in [-0.2, -0.15) is 5.10 Å². The molecular formula is C16H20N4O3. The molecule has 2 N–H and O–H groups in total. The van der Waals surface area contributed by atoms with Crippen LogP contribution in [-0.2, 0) is 20.9 Å². The van der Waals surface area contributed by atoms with Crippen LogP contribution in [0.15, 0.2) is 30.5 Å². The smallest absolute Gasteiger partial charge is 0.251 e. The van der Waals surface area contributed by atoms with Crippen molar-refractivity contribution in [3.05, 3.63) is 30.5 Å². The molecule has 2 amide bonds. The van der Waals surface area contributed by atoms with Gasteiger partial charge in [0, 0.05) is 18.4 Å². The molecule has 2 aromatic rings. The first-order chi connectivity index (χ1) is 11.0. The van der Waals surface area contributed by atoms with Gasteiger partial charge >= 0.3 is 0 Å². The van der Waals surface area contributed by atoms with Gasteiger partial charge in [-0.1, -0.05) is 18.2 Å². The van der Waals surface area contributed by atoms with Crippen LogP contribution >= 0.6 is 0 Å². The van der Waals surface area contributed by atoms with Gasteiger partial charge in [0.2, 0.25) is 5.91 Å². The fraction of sp³-hybridized carbons (Fsp3) is 0.438. The normalized spacial score (nSPS) is 21.5. The van der Waals surface area contributed by atoms with Crippen molar-refractivity contribution in [1.29, 1.82) is 0 Å². The molecule has 1 aliphatic rings. The number of ether oxygens (including phenoxy) is 1. The number of aryl methyl sites for hydroxylation is 1. The van der Waals surface area contributed by atoms with Crippen molar-refractivity contribution >= 4 is 22.7 Å². The fourth-order valence-corrected chi connectivity index (χ4v) is 2.80. The largest absolute Gasteiger partial charge is 0.367 e. The summed E-state index contributed by atoms with van der Waals surface area (Å²) in [6, 6.07) is 7.87. The van der Waals surface area contributed by atoms with E-state index in [2.05, 4.69) is 5.10 Å². The third-order valence-electron chi connectivity index (χ3n) is 4.24. The maximum Gasteiger partial charge on any atom is 0.251 e. The second kappa shape index (κ2) is 6.00. The first-order valence-corrected chi connectivity index (χ1v) is 7.62. The van der Waals surface area contributed by atoms with Crippen LogP contribution in [0, 0.1) is 0 Å². The van der Waals surface area contributed by atoms with Crippen molar-refractivity contribution in [3.63, 3.8) is 0 Å². The standard InChI is InChI=1S/C16H20N4O3/c1-16(15(17)22)11-19(8-9-23-16)14(21)6-7-20-13-5-3-2-4-12(13)10-18-20/h2-5,10H,6-9,11H2,1H3,(H2,17,22). The SMILES string of the molecule is CC1(C(N)=O)CN(C(=O)CCn2ncc3ccccc32)CCO1. The number of benzene rings is 1. The molecule has 0 bridgehead atoms. The van der Waals surface area contributed by atoms with Crippen molar-refractivity contribution in [2.75, 3.05) is 19.7 Å². The minimum absolute atomic E-state index is 0.0274. The Kier molecular flexibility index (Phi) is 4.04. The molecule has 1 aromatic carbocycles. The molecule has 3 rings (SSSR count). The molecule has 2 heterocycles. The molecular weight excluding hydrogens is 296 g/mol. The Balaban J connectivity index is 1.64. The summed E-state index contributed by atoms with van der Waals surface area (Å²) in [5.74, 6) is -0.576. The maximum atomic E-state index is 12.4. The van der Waals surface area contributed by atoms with Crippen molar-refractivity contribution < 1.29 is 14.3 Å². The molecule has 1 unspecified atom stereocenters. The summed E-state index contributed by atoms with van der Waals surface area (Å²) in [6.45, 7) is 3.10. The van der Waals surface area contributed by atoms with Crippen LogP contribution in [0.1, 0.15) is 13.3 Å². The average Bonchev–Trinajstić information content (AvgIpc) is 2.96. The van der Waals surface area contributed by atoms with Crippen LogP contribution in [0.2, 0.25) is 0 Å². The van der Waals surface area contributed by atoms with Crippen LogP contribution in [-0.4, -0.2) is 51.8 Å². The Hall–Kier alpha value is -2.41. The molecule has 7 heteroatoms. The van der Waals surface area contributed by atoms with E-state index in [9.17, 15) is 9.59 Å². The molecule has 0 saturated carbocycles. The highest BCUT2D eigenvalue weighted by Gasteiger charge is 2.39. The van der Waals surface area contributed by atoms with Gasteiger partial charge in [0.15, 0.2) is 5.60 Å². The molecule has 1 aromatic heterocycles. The first kappa shape index (κ1) is 15.5. The number of para-hydroxylation sites is 1. The number of fused-ring (bicyclic) bond motifs is 1. The summed E-state index contributed by atoms with van der Waals surface area (Å²) in [6.07, 6.45) is 2.11. The number of amides is 2. The molecule has 0 spiro atoms.